The van der Waals surface area contributed by atoms with Gasteiger partial charge in [0, 0.05) is 32.7 Å². The molecule has 0 spiro atoms. The van der Waals surface area contributed by atoms with Gasteiger partial charge in [0.2, 0.25) is 0 Å². The van der Waals surface area contributed by atoms with Crippen LogP contribution < -0.4 is 0 Å². The molecular formula is C21H47N3. The van der Waals surface area contributed by atoms with Crippen molar-refractivity contribution in [2.24, 2.45) is 17.3 Å². The maximum atomic E-state index is 2.68. The molecule has 3 heteroatoms. The van der Waals surface area contributed by atoms with Gasteiger partial charge < -0.3 is 14.7 Å². The van der Waals surface area contributed by atoms with Crippen molar-refractivity contribution in [2.75, 3.05) is 59.9 Å². The summed E-state index contributed by atoms with van der Waals surface area (Å²) < 4.78 is 0. The molecule has 0 aromatic heterocycles. The number of nitrogens with zero attached hydrogens (tertiary/aromatic N) is 3. The van der Waals surface area contributed by atoms with Crippen molar-refractivity contribution in [3.05, 3.63) is 0 Å². The molecule has 146 valence electrons. The normalized spacial score (nSPS) is 22.9. The summed E-state index contributed by atoms with van der Waals surface area (Å²) >= 11 is 0. The van der Waals surface area contributed by atoms with Crippen LogP contribution in [0.5, 0.6) is 0 Å². The van der Waals surface area contributed by atoms with Crippen molar-refractivity contribution < 1.29 is 0 Å². The van der Waals surface area contributed by atoms with Gasteiger partial charge in [-0.15, -0.1) is 0 Å². The Balaban J connectivity index is 0.00000123. The zero-order valence-corrected chi connectivity index (χ0v) is 18.4. The minimum absolute atomic E-state index is 0.477. The van der Waals surface area contributed by atoms with Gasteiger partial charge in [0.15, 0.2) is 0 Å². The Hall–Kier alpha value is -0.120. The Morgan fingerprint density at radius 1 is 0.792 bits per heavy atom. The number of likely N-dealkylation sites (tertiary alicyclic amines) is 1. The van der Waals surface area contributed by atoms with Crippen LogP contribution in [0, 0.1) is 17.3 Å². The Kier molecular flexibility index (Phi) is 12.2. The number of hydrogen-bond donors (Lipinski definition) is 0. The molecule has 1 atom stereocenters. The number of piperazine rings is 1. The van der Waals surface area contributed by atoms with Gasteiger partial charge in [-0.05, 0) is 57.3 Å². The average Bonchev–Trinajstić information content (AvgIpc) is 2.61. The highest BCUT2D eigenvalue weighted by atomic mass is 15.2. The molecule has 2 aliphatic rings. The van der Waals surface area contributed by atoms with Crippen LogP contribution in [0.4, 0.5) is 0 Å². The topological polar surface area (TPSA) is 9.72 Å². The van der Waals surface area contributed by atoms with Crippen molar-refractivity contribution in [2.45, 2.75) is 61.3 Å². The Bertz CT molecular complexity index is 287. The molecule has 1 unspecified atom stereocenters. The van der Waals surface area contributed by atoms with E-state index in [9.17, 15) is 0 Å². The average molecular weight is 342 g/mol. The van der Waals surface area contributed by atoms with Crippen molar-refractivity contribution in [1.29, 1.82) is 0 Å². The lowest BCUT2D eigenvalue weighted by atomic mass is 9.66. The van der Waals surface area contributed by atoms with Gasteiger partial charge in [-0.3, -0.25) is 0 Å². The minimum atomic E-state index is 0.477. The van der Waals surface area contributed by atoms with Gasteiger partial charge in [0.25, 0.3) is 0 Å². The quantitative estimate of drug-likeness (QED) is 0.755. The summed E-state index contributed by atoms with van der Waals surface area (Å²) in [6.45, 7) is 24.4. The van der Waals surface area contributed by atoms with Gasteiger partial charge >= 0.3 is 0 Å². The highest BCUT2D eigenvalue weighted by Crippen LogP contribution is 2.41. The number of piperidine rings is 1. The Morgan fingerprint density at radius 2 is 1.21 bits per heavy atom. The van der Waals surface area contributed by atoms with E-state index in [2.05, 4.69) is 49.6 Å². The molecule has 24 heavy (non-hydrogen) atoms. The van der Waals surface area contributed by atoms with E-state index in [1.165, 1.54) is 58.7 Å². The molecule has 0 bridgehead atoms. The SMILES string of the molecule is CC.CC.CC(CN1CCN(C)CC1)C(C)(C)C1CCN(C)CC1. The third kappa shape index (κ3) is 7.41. The molecule has 2 heterocycles. The zero-order chi connectivity index (χ0) is 18.8. The number of rotatable bonds is 4. The van der Waals surface area contributed by atoms with Crippen molar-refractivity contribution in [3.8, 4) is 0 Å². The van der Waals surface area contributed by atoms with Crippen LogP contribution in [0.1, 0.15) is 61.3 Å². The molecule has 0 saturated carbocycles. The summed E-state index contributed by atoms with van der Waals surface area (Å²) in [4.78, 5) is 7.61. The lowest BCUT2D eigenvalue weighted by molar-refractivity contribution is 0.0377. The molecule has 3 nitrogen and oxygen atoms in total. The van der Waals surface area contributed by atoms with E-state index < -0.39 is 0 Å². The van der Waals surface area contributed by atoms with Crippen molar-refractivity contribution in [1.82, 2.24) is 14.7 Å². The van der Waals surface area contributed by atoms with E-state index in [-0.39, 0.29) is 0 Å². The number of likely N-dealkylation sites (N-methyl/N-ethyl adjacent to an activating group) is 1. The zero-order valence-electron chi connectivity index (χ0n) is 18.4. The van der Waals surface area contributed by atoms with E-state index in [1.807, 2.05) is 27.7 Å². The fourth-order valence-corrected chi connectivity index (χ4v) is 3.81. The Morgan fingerprint density at radius 3 is 1.67 bits per heavy atom. The summed E-state index contributed by atoms with van der Waals surface area (Å²) in [7, 11) is 4.50. The maximum Gasteiger partial charge on any atom is 0.0110 e. The van der Waals surface area contributed by atoms with Gasteiger partial charge in [-0.25, -0.2) is 0 Å². The first kappa shape index (κ1) is 23.9. The molecule has 2 rings (SSSR count). The van der Waals surface area contributed by atoms with Gasteiger partial charge in [0.05, 0.1) is 0 Å². The fraction of sp³-hybridized carbons (Fsp3) is 1.00. The standard InChI is InChI=1S/C17H35N3.2C2H6/c1-15(14-20-12-10-19(5)11-13-20)17(2,3)16-6-8-18(4)9-7-16;2*1-2/h15-16H,6-14H2,1-5H3;2*1-2H3. The lowest BCUT2D eigenvalue weighted by Crippen LogP contribution is -2.49. The largest absolute Gasteiger partial charge is 0.306 e. The summed E-state index contributed by atoms with van der Waals surface area (Å²) in [6, 6.07) is 0. The lowest BCUT2D eigenvalue weighted by Gasteiger charge is -2.45. The second-order valence-electron chi connectivity index (χ2n) is 7.90. The van der Waals surface area contributed by atoms with E-state index in [1.54, 1.807) is 0 Å². The molecule has 0 aromatic rings. The molecule has 0 N–H and O–H groups in total. The smallest absolute Gasteiger partial charge is 0.0110 e. The molecule has 0 aromatic carbocycles. The van der Waals surface area contributed by atoms with Crippen molar-refractivity contribution >= 4 is 0 Å². The molecule has 0 amide bonds. The first-order chi connectivity index (χ1) is 11.4. The van der Waals surface area contributed by atoms with Gasteiger partial charge in [-0.2, -0.15) is 0 Å². The summed E-state index contributed by atoms with van der Waals surface area (Å²) in [5.41, 5.74) is 0.477. The van der Waals surface area contributed by atoms with Crippen molar-refractivity contribution in [3.63, 3.8) is 0 Å². The molecule has 2 fully saturated rings. The fourth-order valence-electron chi connectivity index (χ4n) is 3.81. The monoisotopic (exact) mass is 341 g/mol. The molecule has 2 saturated heterocycles. The van der Waals surface area contributed by atoms with Gasteiger partial charge in [-0.1, -0.05) is 48.5 Å². The van der Waals surface area contributed by atoms with E-state index >= 15 is 0 Å². The van der Waals surface area contributed by atoms with Crippen LogP contribution in [0.2, 0.25) is 0 Å². The third-order valence-corrected chi connectivity index (χ3v) is 6.17. The first-order valence-corrected chi connectivity index (χ1v) is 10.5. The molecule has 0 radical (unpaired) electrons. The predicted molar refractivity (Wildman–Crippen MR) is 110 cm³/mol. The Labute approximate surface area is 153 Å². The molecule has 0 aliphatic carbocycles. The third-order valence-electron chi connectivity index (χ3n) is 6.17. The summed E-state index contributed by atoms with van der Waals surface area (Å²) in [5, 5.41) is 0. The first-order valence-electron chi connectivity index (χ1n) is 10.5. The van der Waals surface area contributed by atoms with Crippen LogP contribution in [-0.4, -0.2) is 74.6 Å². The molecular weight excluding hydrogens is 294 g/mol. The number of hydrogen-bond acceptors (Lipinski definition) is 3. The van der Waals surface area contributed by atoms with E-state index in [0.717, 1.165) is 11.8 Å². The van der Waals surface area contributed by atoms with E-state index in [0.29, 0.717) is 5.41 Å². The highest BCUT2D eigenvalue weighted by Gasteiger charge is 2.37. The van der Waals surface area contributed by atoms with Crippen LogP contribution in [-0.2, 0) is 0 Å². The summed E-state index contributed by atoms with van der Waals surface area (Å²) in [5.74, 6) is 1.69. The van der Waals surface area contributed by atoms with Crippen LogP contribution in [0.15, 0.2) is 0 Å². The van der Waals surface area contributed by atoms with E-state index in [4.69, 9.17) is 0 Å². The molecule has 2 aliphatic heterocycles. The van der Waals surface area contributed by atoms with Crippen LogP contribution in [0.3, 0.4) is 0 Å². The van der Waals surface area contributed by atoms with Crippen LogP contribution >= 0.6 is 0 Å². The second-order valence-corrected chi connectivity index (χ2v) is 7.90. The second kappa shape index (κ2) is 12.3. The minimum Gasteiger partial charge on any atom is -0.306 e. The van der Waals surface area contributed by atoms with Gasteiger partial charge in [0.1, 0.15) is 0 Å². The summed E-state index contributed by atoms with van der Waals surface area (Å²) in [6.07, 6.45) is 2.77. The highest BCUT2D eigenvalue weighted by molar-refractivity contribution is 4.88. The van der Waals surface area contributed by atoms with Crippen LogP contribution in [0.25, 0.3) is 0 Å². The maximum absolute atomic E-state index is 2.68. The predicted octanol–water partition coefficient (Wildman–Crippen LogP) is 4.29.